The van der Waals surface area contributed by atoms with Gasteiger partial charge in [0.15, 0.2) is 0 Å². The van der Waals surface area contributed by atoms with Crippen LogP contribution in [0, 0.1) is 5.41 Å². The molecular formula is C19H32O12. The van der Waals surface area contributed by atoms with Crippen molar-refractivity contribution in [3.8, 4) is 0 Å². The number of aliphatic carboxylic acids is 4. The Kier molecular flexibility index (Phi) is 16.1. The van der Waals surface area contributed by atoms with Crippen LogP contribution in [0.1, 0.15) is 38.5 Å². The molecule has 0 aliphatic rings. The minimum Gasteiger partial charge on any atom is -0.481 e. The third-order valence-electron chi connectivity index (χ3n) is 3.91. The first-order valence-corrected chi connectivity index (χ1v) is 9.85. The molecule has 0 fully saturated rings. The maximum atomic E-state index is 10.7. The summed E-state index contributed by atoms with van der Waals surface area (Å²) in [5.74, 6) is -3.97. The summed E-state index contributed by atoms with van der Waals surface area (Å²) in [5, 5.41) is 34.9. The molecule has 12 heteroatoms. The van der Waals surface area contributed by atoms with Crippen molar-refractivity contribution >= 4 is 23.9 Å². The van der Waals surface area contributed by atoms with Crippen LogP contribution in [0.3, 0.4) is 0 Å². The molecule has 0 saturated carbocycles. The zero-order valence-electron chi connectivity index (χ0n) is 17.5. The quantitative estimate of drug-likeness (QED) is 0.169. The predicted octanol–water partition coefficient (Wildman–Crippen LogP) is 0.718. The predicted molar refractivity (Wildman–Crippen MR) is 104 cm³/mol. The van der Waals surface area contributed by atoms with Crippen molar-refractivity contribution < 1.29 is 58.6 Å². The summed E-state index contributed by atoms with van der Waals surface area (Å²) in [5.41, 5.74) is -0.913. The summed E-state index contributed by atoms with van der Waals surface area (Å²) < 4.78 is 22.0. The van der Waals surface area contributed by atoms with E-state index in [2.05, 4.69) is 0 Å². The van der Waals surface area contributed by atoms with E-state index in [0.29, 0.717) is 0 Å². The molecule has 0 rings (SSSR count). The van der Waals surface area contributed by atoms with Crippen LogP contribution < -0.4 is 0 Å². The van der Waals surface area contributed by atoms with Gasteiger partial charge in [-0.2, -0.15) is 0 Å². The van der Waals surface area contributed by atoms with Crippen molar-refractivity contribution in [3.05, 3.63) is 0 Å². The lowest BCUT2D eigenvalue weighted by molar-refractivity contribution is -0.143. The zero-order valence-corrected chi connectivity index (χ0v) is 17.5. The average Bonchev–Trinajstić information content (AvgIpc) is 2.67. The van der Waals surface area contributed by atoms with Crippen molar-refractivity contribution in [2.24, 2.45) is 5.41 Å². The summed E-state index contributed by atoms with van der Waals surface area (Å²) in [4.78, 5) is 42.6. The van der Waals surface area contributed by atoms with Gasteiger partial charge in [-0.15, -0.1) is 0 Å². The molecule has 0 radical (unpaired) electrons. The SMILES string of the molecule is O=C(O)CCCOCC(COCCCC(=O)O)(COCCC(=O)O)COCCC(=O)O. The number of carboxylic acid groups (broad SMARTS) is 4. The molecule has 0 bridgehead atoms. The number of rotatable bonds is 22. The Morgan fingerprint density at radius 3 is 1.06 bits per heavy atom. The molecule has 180 valence electrons. The van der Waals surface area contributed by atoms with Crippen LogP contribution >= 0.6 is 0 Å². The molecule has 0 unspecified atom stereocenters. The van der Waals surface area contributed by atoms with E-state index in [1.807, 2.05) is 0 Å². The standard InChI is InChI=1S/C19H32O12/c20-15(21)3-1-7-28-11-19(13-30-9-5-17(24)25,14-31-10-6-18(26)27)12-29-8-2-4-16(22)23/h1-14H2,(H,20,21)(H,22,23)(H,24,25)(H,26,27). The molecule has 31 heavy (non-hydrogen) atoms. The minimum atomic E-state index is -1.03. The number of ether oxygens (including phenoxy) is 4. The van der Waals surface area contributed by atoms with Gasteiger partial charge in [0.2, 0.25) is 0 Å². The Morgan fingerprint density at radius 2 is 0.774 bits per heavy atom. The molecular weight excluding hydrogens is 420 g/mol. The normalized spacial score (nSPS) is 11.4. The van der Waals surface area contributed by atoms with Gasteiger partial charge in [-0.3, -0.25) is 19.2 Å². The summed E-state index contributed by atoms with van der Waals surface area (Å²) in [7, 11) is 0. The Balaban J connectivity index is 4.92. The molecule has 0 aromatic heterocycles. The van der Waals surface area contributed by atoms with Crippen molar-refractivity contribution in [1.29, 1.82) is 0 Å². The first kappa shape index (κ1) is 28.7. The van der Waals surface area contributed by atoms with Gasteiger partial charge in [0.1, 0.15) is 0 Å². The van der Waals surface area contributed by atoms with Crippen molar-refractivity contribution in [2.45, 2.75) is 38.5 Å². The van der Waals surface area contributed by atoms with E-state index in [9.17, 15) is 19.2 Å². The molecule has 0 aromatic carbocycles. The van der Waals surface area contributed by atoms with E-state index in [1.54, 1.807) is 0 Å². The van der Waals surface area contributed by atoms with E-state index < -0.39 is 29.3 Å². The summed E-state index contributed by atoms with van der Waals surface area (Å²) in [6.45, 7) is 0.219. The van der Waals surface area contributed by atoms with Gasteiger partial charge < -0.3 is 39.4 Å². The highest BCUT2D eigenvalue weighted by atomic mass is 16.5. The number of carboxylic acids is 4. The zero-order chi connectivity index (χ0) is 23.5. The number of hydrogen-bond acceptors (Lipinski definition) is 8. The molecule has 0 spiro atoms. The second-order valence-corrected chi connectivity index (χ2v) is 6.99. The maximum Gasteiger partial charge on any atom is 0.305 e. The highest BCUT2D eigenvalue weighted by Gasteiger charge is 2.32. The Labute approximate surface area is 180 Å². The topological polar surface area (TPSA) is 186 Å². The molecule has 0 heterocycles. The number of hydrogen-bond donors (Lipinski definition) is 4. The lowest BCUT2D eigenvalue weighted by atomic mass is 9.92. The fraction of sp³-hybridized carbons (Fsp3) is 0.789. The highest BCUT2D eigenvalue weighted by Crippen LogP contribution is 2.21. The van der Waals surface area contributed by atoms with E-state index in [4.69, 9.17) is 39.4 Å². The lowest BCUT2D eigenvalue weighted by Crippen LogP contribution is -2.42. The second kappa shape index (κ2) is 17.4. The van der Waals surface area contributed by atoms with Gasteiger partial charge in [0, 0.05) is 26.1 Å². The maximum absolute atomic E-state index is 10.7. The van der Waals surface area contributed by atoms with Crippen molar-refractivity contribution in [2.75, 3.05) is 52.9 Å². The van der Waals surface area contributed by atoms with Crippen molar-refractivity contribution in [3.63, 3.8) is 0 Å². The van der Waals surface area contributed by atoms with Gasteiger partial charge in [0.25, 0.3) is 0 Å². The second-order valence-electron chi connectivity index (χ2n) is 6.99. The Hall–Kier alpha value is -2.28. The number of carbonyl (C=O) groups is 4. The van der Waals surface area contributed by atoms with E-state index >= 15 is 0 Å². The molecule has 0 atom stereocenters. The summed E-state index contributed by atoms with van der Waals surface area (Å²) >= 11 is 0. The molecule has 12 nitrogen and oxygen atoms in total. The van der Waals surface area contributed by atoms with Gasteiger partial charge in [0.05, 0.1) is 57.9 Å². The monoisotopic (exact) mass is 452 g/mol. The lowest BCUT2D eigenvalue weighted by Gasteiger charge is -2.33. The van der Waals surface area contributed by atoms with Crippen LogP contribution in [-0.4, -0.2) is 97.2 Å². The average molecular weight is 452 g/mol. The fourth-order valence-corrected chi connectivity index (χ4v) is 2.37. The van der Waals surface area contributed by atoms with E-state index in [1.165, 1.54) is 0 Å². The van der Waals surface area contributed by atoms with Crippen LogP contribution in [0.2, 0.25) is 0 Å². The first-order valence-electron chi connectivity index (χ1n) is 9.85. The third kappa shape index (κ3) is 18.2. The molecule has 0 amide bonds. The molecule has 4 N–H and O–H groups in total. The van der Waals surface area contributed by atoms with Gasteiger partial charge in [-0.25, -0.2) is 0 Å². The van der Waals surface area contributed by atoms with Crippen LogP contribution in [0.15, 0.2) is 0 Å². The van der Waals surface area contributed by atoms with Crippen LogP contribution in [0.5, 0.6) is 0 Å². The highest BCUT2D eigenvalue weighted by molar-refractivity contribution is 5.67. The largest absolute Gasteiger partial charge is 0.481 e. The fourth-order valence-electron chi connectivity index (χ4n) is 2.37. The summed E-state index contributed by atoms with van der Waals surface area (Å²) in [6, 6.07) is 0. The Bertz CT molecular complexity index is 500. The first-order chi connectivity index (χ1) is 14.7. The Morgan fingerprint density at radius 1 is 0.484 bits per heavy atom. The molecule has 0 aliphatic heterocycles. The summed E-state index contributed by atoms with van der Waals surface area (Å²) in [6.07, 6.45) is 0.00481. The molecule has 0 aliphatic carbocycles. The van der Waals surface area contributed by atoms with Gasteiger partial charge in [-0.1, -0.05) is 0 Å². The van der Waals surface area contributed by atoms with Crippen LogP contribution in [0.4, 0.5) is 0 Å². The van der Waals surface area contributed by atoms with E-state index in [-0.39, 0.29) is 91.4 Å². The van der Waals surface area contributed by atoms with Gasteiger partial charge >= 0.3 is 23.9 Å². The molecule has 0 saturated heterocycles. The van der Waals surface area contributed by atoms with Crippen LogP contribution in [0.25, 0.3) is 0 Å². The van der Waals surface area contributed by atoms with Gasteiger partial charge in [-0.05, 0) is 12.8 Å². The minimum absolute atomic E-state index is 0.00872. The van der Waals surface area contributed by atoms with Crippen LogP contribution in [-0.2, 0) is 38.1 Å². The van der Waals surface area contributed by atoms with E-state index in [0.717, 1.165) is 0 Å². The van der Waals surface area contributed by atoms with Crippen molar-refractivity contribution in [1.82, 2.24) is 0 Å². The third-order valence-corrected chi connectivity index (χ3v) is 3.91. The molecule has 0 aromatic rings. The smallest absolute Gasteiger partial charge is 0.305 e.